The van der Waals surface area contributed by atoms with Crippen molar-refractivity contribution in [1.82, 2.24) is 4.90 Å². The molecule has 0 spiro atoms. The Balaban J connectivity index is 0.00000480. The number of aliphatic hydroxyl groups excluding tert-OH is 1. The molecule has 31 heavy (non-hydrogen) atoms. The smallest absolute Gasteiger partial charge is 0.119 e. The van der Waals surface area contributed by atoms with Crippen LogP contribution in [-0.4, -0.2) is 40.3 Å². The van der Waals surface area contributed by atoms with E-state index in [9.17, 15) is 5.11 Å². The number of rotatable bonds is 13. The first-order chi connectivity index (χ1) is 14.4. The second-order valence-corrected chi connectivity index (χ2v) is 8.96. The Labute approximate surface area is 195 Å². The first-order valence-corrected chi connectivity index (χ1v) is 11.7. The molecule has 0 aliphatic rings. The van der Waals surface area contributed by atoms with E-state index in [0.29, 0.717) is 17.8 Å². The molecule has 2 aromatic rings. The van der Waals surface area contributed by atoms with E-state index in [0.717, 1.165) is 50.6 Å². The summed E-state index contributed by atoms with van der Waals surface area (Å²) in [5, 5.41) is 19.7. The van der Waals surface area contributed by atoms with Crippen LogP contribution in [0.1, 0.15) is 82.4 Å². The van der Waals surface area contributed by atoms with E-state index in [-0.39, 0.29) is 24.9 Å². The number of unbranched alkanes of at least 4 members (excludes halogenated alkanes) is 3. The Kier molecular flexibility index (Phi) is 12.9. The topological polar surface area (TPSA) is 43.7 Å². The standard InChI is InChI=1S/C27H41NO2.ClH/c1-21(2)28(22(3)4)18-17-25(24-13-9-7-10-14-24)26-20-23(15-16-27(26)30)12-8-5-6-11-19-29;/h7,9-10,13-16,20-22,25,29-30H,5-6,8,11-12,17-19H2,1-4H3;1H. The highest BCUT2D eigenvalue weighted by molar-refractivity contribution is 5.85. The molecule has 2 aromatic carbocycles. The normalized spacial score (nSPS) is 12.4. The Hall–Kier alpha value is -1.55. The molecule has 0 aliphatic heterocycles. The fraction of sp³-hybridized carbons (Fsp3) is 0.556. The molecule has 0 heterocycles. The van der Waals surface area contributed by atoms with Crippen molar-refractivity contribution < 1.29 is 10.2 Å². The highest BCUT2D eigenvalue weighted by Crippen LogP contribution is 2.35. The molecule has 3 nitrogen and oxygen atoms in total. The molecule has 0 amide bonds. The summed E-state index contributed by atoms with van der Waals surface area (Å²) in [6.07, 6.45) is 6.22. The fourth-order valence-corrected chi connectivity index (χ4v) is 4.41. The van der Waals surface area contributed by atoms with Crippen LogP contribution in [0.4, 0.5) is 0 Å². The zero-order valence-corrected chi connectivity index (χ0v) is 20.6. The van der Waals surface area contributed by atoms with Crippen LogP contribution in [0.25, 0.3) is 0 Å². The van der Waals surface area contributed by atoms with Gasteiger partial charge in [0, 0.05) is 30.2 Å². The van der Waals surface area contributed by atoms with Crippen LogP contribution in [-0.2, 0) is 6.42 Å². The number of hydrogen-bond acceptors (Lipinski definition) is 3. The lowest BCUT2D eigenvalue weighted by Crippen LogP contribution is -2.38. The molecule has 1 unspecified atom stereocenters. The summed E-state index contributed by atoms with van der Waals surface area (Å²) in [6, 6.07) is 17.7. The molecule has 0 saturated carbocycles. The van der Waals surface area contributed by atoms with Gasteiger partial charge >= 0.3 is 0 Å². The van der Waals surface area contributed by atoms with Crippen LogP contribution in [0, 0.1) is 0 Å². The van der Waals surface area contributed by atoms with Crippen molar-refractivity contribution >= 4 is 12.4 Å². The van der Waals surface area contributed by atoms with Gasteiger partial charge in [-0.2, -0.15) is 0 Å². The van der Waals surface area contributed by atoms with Crippen LogP contribution in [0.5, 0.6) is 5.75 Å². The molecular weight excluding hydrogens is 406 g/mol. The lowest BCUT2D eigenvalue weighted by molar-refractivity contribution is 0.170. The zero-order chi connectivity index (χ0) is 21.9. The number of phenolic OH excluding ortho intramolecular Hbond substituents is 1. The van der Waals surface area contributed by atoms with E-state index < -0.39 is 0 Å². The van der Waals surface area contributed by atoms with E-state index >= 15 is 0 Å². The molecule has 4 heteroatoms. The van der Waals surface area contributed by atoms with Gasteiger partial charge in [0.15, 0.2) is 0 Å². The maximum Gasteiger partial charge on any atom is 0.119 e. The van der Waals surface area contributed by atoms with Gasteiger partial charge < -0.3 is 10.2 Å². The highest BCUT2D eigenvalue weighted by Gasteiger charge is 2.21. The third kappa shape index (κ3) is 8.84. The minimum absolute atomic E-state index is 0. The number of aliphatic hydroxyl groups is 1. The quantitative estimate of drug-likeness (QED) is 0.342. The van der Waals surface area contributed by atoms with Crippen LogP contribution in [0.15, 0.2) is 48.5 Å². The predicted octanol–water partition coefficient (Wildman–Crippen LogP) is 6.55. The number of halogens is 1. The van der Waals surface area contributed by atoms with Crippen molar-refractivity contribution in [3.8, 4) is 5.75 Å². The third-order valence-electron chi connectivity index (χ3n) is 6.05. The number of aromatic hydroxyl groups is 1. The number of phenols is 1. The van der Waals surface area contributed by atoms with Crippen LogP contribution >= 0.6 is 12.4 Å². The molecule has 0 fully saturated rings. The molecule has 0 bridgehead atoms. The van der Waals surface area contributed by atoms with Gasteiger partial charge in [-0.1, -0.05) is 55.3 Å². The van der Waals surface area contributed by atoms with Gasteiger partial charge in [-0.25, -0.2) is 0 Å². The molecule has 0 radical (unpaired) electrons. The van der Waals surface area contributed by atoms with Gasteiger partial charge in [0.1, 0.15) is 5.75 Å². The van der Waals surface area contributed by atoms with E-state index in [1.54, 1.807) is 0 Å². The van der Waals surface area contributed by atoms with Gasteiger partial charge in [-0.05, 0) is 77.1 Å². The fourth-order valence-electron chi connectivity index (χ4n) is 4.41. The SMILES string of the molecule is CC(C)N(CCC(c1ccccc1)c1cc(CCCCCCO)ccc1O)C(C)C.Cl. The second-order valence-electron chi connectivity index (χ2n) is 8.96. The summed E-state index contributed by atoms with van der Waals surface area (Å²) in [6.45, 7) is 10.3. The average molecular weight is 448 g/mol. The van der Waals surface area contributed by atoms with Crippen LogP contribution < -0.4 is 0 Å². The molecule has 1 atom stereocenters. The number of aryl methyl sites for hydroxylation is 1. The summed E-state index contributed by atoms with van der Waals surface area (Å²) in [5.74, 6) is 0.578. The summed E-state index contributed by atoms with van der Waals surface area (Å²) in [5.41, 5.74) is 3.60. The van der Waals surface area contributed by atoms with Crippen molar-refractivity contribution in [1.29, 1.82) is 0 Å². The Morgan fingerprint density at radius 3 is 2.10 bits per heavy atom. The van der Waals surface area contributed by atoms with Gasteiger partial charge in [0.05, 0.1) is 0 Å². The summed E-state index contributed by atoms with van der Waals surface area (Å²) < 4.78 is 0. The molecule has 2 rings (SSSR count). The molecular formula is C27H42ClNO2. The van der Waals surface area contributed by atoms with Gasteiger partial charge in [0.25, 0.3) is 0 Å². The number of benzene rings is 2. The van der Waals surface area contributed by atoms with Crippen LogP contribution in [0.2, 0.25) is 0 Å². The molecule has 0 aliphatic carbocycles. The summed E-state index contributed by atoms with van der Waals surface area (Å²) in [7, 11) is 0. The average Bonchev–Trinajstić information content (AvgIpc) is 2.72. The second kappa shape index (κ2) is 14.5. The minimum Gasteiger partial charge on any atom is -0.508 e. The maximum absolute atomic E-state index is 10.8. The molecule has 0 aromatic heterocycles. The number of hydrogen-bond donors (Lipinski definition) is 2. The molecule has 2 N–H and O–H groups in total. The van der Waals surface area contributed by atoms with E-state index in [2.05, 4.69) is 75.1 Å². The van der Waals surface area contributed by atoms with Crippen molar-refractivity contribution in [2.75, 3.05) is 13.2 Å². The van der Waals surface area contributed by atoms with Crippen molar-refractivity contribution in [2.24, 2.45) is 0 Å². The van der Waals surface area contributed by atoms with E-state index in [4.69, 9.17) is 5.11 Å². The maximum atomic E-state index is 10.8. The summed E-state index contributed by atoms with van der Waals surface area (Å²) in [4.78, 5) is 2.53. The zero-order valence-electron chi connectivity index (χ0n) is 19.8. The van der Waals surface area contributed by atoms with E-state index in [1.807, 2.05) is 6.07 Å². The first kappa shape index (κ1) is 27.5. The monoisotopic (exact) mass is 447 g/mol. The Bertz CT molecular complexity index is 725. The predicted molar refractivity (Wildman–Crippen MR) is 134 cm³/mol. The number of nitrogens with zero attached hydrogens (tertiary/aromatic N) is 1. The first-order valence-electron chi connectivity index (χ1n) is 11.7. The van der Waals surface area contributed by atoms with Crippen molar-refractivity contribution in [2.45, 2.75) is 84.2 Å². The minimum atomic E-state index is 0. The third-order valence-corrected chi connectivity index (χ3v) is 6.05. The van der Waals surface area contributed by atoms with E-state index in [1.165, 1.54) is 11.1 Å². The van der Waals surface area contributed by atoms with Gasteiger partial charge in [-0.15, -0.1) is 12.4 Å². The molecule has 0 saturated heterocycles. The molecule has 174 valence electrons. The Morgan fingerprint density at radius 2 is 1.48 bits per heavy atom. The van der Waals surface area contributed by atoms with Crippen LogP contribution in [0.3, 0.4) is 0 Å². The lowest BCUT2D eigenvalue weighted by atomic mass is 9.86. The van der Waals surface area contributed by atoms with Gasteiger partial charge in [-0.3, -0.25) is 4.90 Å². The highest BCUT2D eigenvalue weighted by atomic mass is 35.5. The summed E-state index contributed by atoms with van der Waals surface area (Å²) >= 11 is 0. The Morgan fingerprint density at radius 1 is 0.839 bits per heavy atom. The largest absolute Gasteiger partial charge is 0.508 e. The van der Waals surface area contributed by atoms with Gasteiger partial charge in [0.2, 0.25) is 0 Å². The lowest BCUT2D eigenvalue weighted by Gasteiger charge is -2.32. The van der Waals surface area contributed by atoms with Crippen molar-refractivity contribution in [3.63, 3.8) is 0 Å². The van der Waals surface area contributed by atoms with Crippen molar-refractivity contribution in [3.05, 3.63) is 65.2 Å².